The fraction of sp³-hybridized carbons (Fsp3) is 1.00. The standard InChI is InChI=1S/C12H26N2O3S/c1-11(2)13-10-12-4-6-14(7-5-12)18(15,16)9-8-17-3/h11-13H,4-10H2,1-3H3. The Kier molecular flexibility index (Phi) is 6.55. The highest BCUT2D eigenvalue weighted by Crippen LogP contribution is 2.19. The third-order valence-corrected chi connectivity index (χ3v) is 5.16. The molecule has 0 aromatic heterocycles. The molecule has 1 saturated heterocycles. The van der Waals surface area contributed by atoms with Gasteiger partial charge in [0.05, 0.1) is 12.4 Å². The van der Waals surface area contributed by atoms with E-state index in [4.69, 9.17) is 4.74 Å². The largest absolute Gasteiger partial charge is 0.384 e. The number of sulfonamides is 1. The molecule has 1 aliphatic heterocycles. The van der Waals surface area contributed by atoms with Gasteiger partial charge in [0.2, 0.25) is 10.0 Å². The van der Waals surface area contributed by atoms with E-state index in [9.17, 15) is 8.42 Å². The topological polar surface area (TPSA) is 58.6 Å². The van der Waals surface area contributed by atoms with Crippen LogP contribution < -0.4 is 5.32 Å². The molecular formula is C12H26N2O3S. The Balaban J connectivity index is 2.34. The van der Waals surface area contributed by atoms with Crippen molar-refractivity contribution in [2.45, 2.75) is 32.7 Å². The van der Waals surface area contributed by atoms with E-state index in [1.807, 2.05) is 0 Å². The Labute approximate surface area is 111 Å². The van der Waals surface area contributed by atoms with Gasteiger partial charge in [-0.25, -0.2) is 12.7 Å². The van der Waals surface area contributed by atoms with Gasteiger partial charge in [0.1, 0.15) is 0 Å². The Bertz CT molecular complexity index is 322. The molecule has 5 nitrogen and oxygen atoms in total. The molecule has 6 heteroatoms. The predicted molar refractivity (Wildman–Crippen MR) is 73.1 cm³/mol. The lowest BCUT2D eigenvalue weighted by Gasteiger charge is -2.31. The highest BCUT2D eigenvalue weighted by atomic mass is 32.2. The maximum Gasteiger partial charge on any atom is 0.216 e. The summed E-state index contributed by atoms with van der Waals surface area (Å²) in [7, 11) is -1.59. The van der Waals surface area contributed by atoms with Gasteiger partial charge in [-0.15, -0.1) is 0 Å². The second-order valence-electron chi connectivity index (χ2n) is 5.21. The number of methoxy groups -OCH3 is 1. The number of nitrogens with one attached hydrogen (secondary N) is 1. The molecule has 0 atom stereocenters. The second kappa shape index (κ2) is 7.43. The van der Waals surface area contributed by atoms with Crippen LogP contribution in [0.3, 0.4) is 0 Å². The average molecular weight is 278 g/mol. The summed E-state index contributed by atoms with van der Waals surface area (Å²) >= 11 is 0. The SMILES string of the molecule is COCCS(=O)(=O)N1CCC(CNC(C)C)CC1. The lowest BCUT2D eigenvalue weighted by atomic mass is 9.98. The molecular weight excluding hydrogens is 252 g/mol. The van der Waals surface area contributed by atoms with Gasteiger partial charge in [0.25, 0.3) is 0 Å². The normalized spacial score (nSPS) is 19.6. The van der Waals surface area contributed by atoms with E-state index in [1.165, 1.54) is 7.11 Å². The minimum Gasteiger partial charge on any atom is -0.384 e. The summed E-state index contributed by atoms with van der Waals surface area (Å²) in [5.74, 6) is 0.694. The average Bonchev–Trinajstić information content (AvgIpc) is 2.34. The Morgan fingerprint density at radius 2 is 1.94 bits per heavy atom. The van der Waals surface area contributed by atoms with E-state index in [0.717, 1.165) is 19.4 Å². The predicted octanol–water partition coefficient (Wildman–Crippen LogP) is 0.673. The summed E-state index contributed by atoms with van der Waals surface area (Å²) in [6.45, 7) is 6.82. The first kappa shape index (κ1) is 15.9. The third-order valence-electron chi connectivity index (χ3n) is 3.33. The lowest BCUT2D eigenvalue weighted by molar-refractivity contribution is 0.212. The number of hydrogen-bond acceptors (Lipinski definition) is 4. The van der Waals surface area contributed by atoms with Gasteiger partial charge < -0.3 is 10.1 Å². The van der Waals surface area contributed by atoms with Gasteiger partial charge in [-0.3, -0.25) is 0 Å². The van der Waals surface area contributed by atoms with E-state index in [1.54, 1.807) is 4.31 Å². The van der Waals surface area contributed by atoms with Crippen molar-refractivity contribution >= 4 is 10.0 Å². The molecule has 0 amide bonds. The van der Waals surface area contributed by atoms with Crippen molar-refractivity contribution in [3.8, 4) is 0 Å². The van der Waals surface area contributed by atoms with Crippen LogP contribution in [0, 0.1) is 5.92 Å². The van der Waals surface area contributed by atoms with Crippen LogP contribution in [0.4, 0.5) is 0 Å². The van der Waals surface area contributed by atoms with Gasteiger partial charge in [-0.05, 0) is 25.3 Å². The molecule has 0 unspecified atom stereocenters. The van der Waals surface area contributed by atoms with Crippen LogP contribution in [-0.2, 0) is 14.8 Å². The summed E-state index contributed by atoms with van der Waals surface area (Å²) in [5.41, 5.74) is 0. The van der Waals surface area contributed by atoms with E-state index >= 15 is 0 Å². The van der Waals surface area contributed by atoms with Crippen molar-refractivity contribution < 1.29 is 13.2 Å². The first-order valence-corrected chi connectivity index (χ1v) is 8.26. The van der Waals surface area contributed by atoms with Crippen molar-refractivity contribution in [2.75, 3.05) is 39.1 Å². The molecule has 1 rings (SSSR count). The van der Waals surface area contributed by atoms with E-state index in [-0.39, 0.29) is 12.4 Å². The zero-order valence-electron chi connectivity index (χ0n) is 11.7. The number of rotatable bonds is 7. The fourth-order valence-corrected chi connectivity index (χ4v) is 3.51. The summed E-state index contributed by atoms with van der Waals surface area (Å²) in [5, 5.41) is 3.42. The first-order chi connectivity index (χ1) is 8.45. The van der Waals surface area contributed by atoms with Gasteiger partial charge in [-0.2, -0.15) is 0 Å². The minimum absolute atomic E-state index is 0.0956. The summed E-state index contributed by atoms with van der Waals surface area (Å²) in [4.78, 5) is 0. The molecule has 0 saturated carbocycles. The molecule has 0 spiro atoms. The lowest BCUT2D eigenvalue weighted by Crippen LogP contribution is -2.42. The second-order valence-corrected chi connectivity index (χ2v) is 7.30. The van der Waals surface area contributed by atoms with Crippen LogP contribution >= 0.6 is 0 Å². The zero-order valence-corrected chi connectivity index (χ0v) is 12.5. The molecule has 1 N–H and O–H groups in total. The van der Waals surface area contributed by atoms with E-state index in [0.29, 0.717) is 25.0 Å². The Hall–Kier alpha value is -0.170. The molecule has 0 aromatic carbocycles. The molecule has 0 aromatic rings. The Morgan fingerprint density at radius 3 is 2.44 bits per heavy atom. The molecule has 0 radical (unpaired) electrons. The van der Waals surface area contributed by atoms with Crippen LogP contribution in [0.1, 0.15) is 26.7 Å². The summed E-state index contributed by atoms with van der Waals surface area (Å²) < 4.78 is 30.3. The minimum atomic E-state index is -3.11. The highest BCUT2D eigenvalue weighted by molar-refractivity contribution is 7.89. The molecule has 1 aliphatic rings. The van der Waals surface area contributed by atoms with E-state index < -0.39 is 10.0 Å². The summed E-state index contributed by atoms with van der Waals surface area (Å²) in [6, 6.07) is 0.494. The van der Waals surface area contributed by atoms with Crippen LogP contribution in [0.15, 0.2) is 0 Å². The Morgan fingerprint density at radius 1 is 1.33 bits per heavy atom. The maximum atomic E-state index is 11.9. The first-order valence-electron chi connectivity index (χ1n) is 6.66. The van der Waals surface area contributed by atoms with Gasteiger partial charge in [0.15, 0.2) is 0 Å². The highest BCUT2D eigenvalue weighted by Gasteiger charge is 2.27. The van der Waals surface area contributed by atoms with Crippen molar-refractivity contribution in [1.82, 2.24) is 9.62 Å². The van der Waals surface area contributed by atoms with Crippen molar-refractivity contribution in [2.24, 2.45) is 5.92 Å². The van der Waals surface area contributed by atoms with Crippen LogP contribution in [-0.4, -0.2) is 57.9 Å². The number of nitrogens with zero attached hydrogens (tertiary/aromatic N) is 1. The van der Waals surface area contributed by atoms with Crippen LogP contribution in [0.5, 0.6) is 0 Å². The van der Waals surface area contributed by atoms with Gasteiger partial charge in [0, 0.05) is 26.2 Å². The monoisotopic (exact) mass is 278 g/mol. The van der Waals surface area contributed by atoms with E-state index in [2.05, 4.69) is 19.2 Å². The maximum absolute atomic E-state index is 11.9. The van der Waals surface area contributed by atoms with Crippen molar-refractivity contribution in [3.63, 3.8) is 0 Å². The van der Waals surface area contributed by atoms with Gasteiger partial charge >= 0.3 is 0 Å². The summed E-state index contributed by atoms with van der Waals surface area (Å²) in [6.07, 6.45) is 1.90. The van der Waals surface area contributed by atoms with Gasteiger partial charge in [-0.1, -0.05) is 13.8 Å². The number of piperidine rings is 1. The zero-order chi connectivity index (χ0) is 13.6. The molecule has 1 fully saturated rings. The number of ether oxygens (including phenoxy) is 1. The van der Waals surface area contributed by atoms with Crippen LogP contribution in [0.25, 0.3) is 0 Å². The molecule has 1 heterocycles. The molecule has 0 aliphatic carbocycles. The quantitative estimate of drug-likeness (QED) is 0.744. The molecule has 18 heavy (non-hydrogen) atoms. The third kappa shape index (κ3) is 5.22. The molecule has 108 valence electrons. The smallest absolute Gasteiger partial charge is 0.216 e. The van der Waals surface area contributed by atoms with Crippen molar-refractivity contribution in [1.29, 1.82) is 0 Å². The fourth-order valence-electron chi connectivity index (χ4n) is 2.11. The van der Waals surface area contributed by atoms with Crippen LogP contribution in [0.2, 0.25) is 0 Å². The molecule has 0 bridgehead atoms. The van der Waals surface area contributed by atoms with Crippen molar-refractivity contribution in [3.05, 3.63) is 0 Å². The number of hydrogen-bond donors (Lipinski definition) is 1.